The molecule has 3 nitrogen and oxygen atoms in total. The van der Waals surface area contributed by atoms with Gasteiger partial charge in [0.2, 0.25) is 0 Å². The Kier molecular flexibility index (Phi) is 5.52. The molecule has 0 spiro atoms. The first-order valence-corrected chi connectivity index (χ1v) is 4.43. The van der Waals surface area contributed by atoms with E-state index in [0.29, 0.717) is 6.42 Å². The lowest BCUT2D eigenvalue weighted by Gasteiger charge is -2.13. The van der Waals surface area contributed by atoms with Crippen LogP contribution in [-0.4, -0.2) is 23.4 Å². The Bertz CT molecular complexity index is 182. The van der Waals surface area contributed by atoms with Gasteiger partial charge in [0.15, 0.2) is 0 Å². The van der Waals surface area contributed by atoms with E-state index in [0.717, 1.165) is 12.8 Å². The molecule has 0 aliphatic rings. The third-order valence-electron chi connectivity index (χ3n) is 1.64. The van der Waals surface area contributed by atoms with Crippen molar-refractivity contribution in [1.29, 1.82) is 0 Å². The molecule has 0 aliphatic carbocycles. The van der Waals surface area contributed by atoms with Gasteiger partial charge in [-0.25, -0.2) is 0 Å². The number of alkyl halides is 3. The van der Waals surface area contributed by atoms with Crippen molar-refractivity contribution in [3.05, 3.63) is 0 Å². The van der Waals surface area contributed by atoms with Gasteiger partial charge in [-0.1, -0.05) is 19.8 Å². The van der Waals surface area contributed by atoms with Crippen LogP contribution < -0.4 is 5.32 Å². The van der Waals surface area contributed by atoms with E-state index < -0.39 is 18.3 Å². The monoisotopic (exact) mass is 213 g/mol. The van der Waals surface area contributed by atoms with Crippen LogP contribution in [0.25, 0.3) is 0 Å². The zero-order chi connectivity index (χ0) is 11.2. The Morgan fingerprint density at radius 2 is 2.00 bits per heavy atom. The Morgan fingerprint density at radius 3 is 2.43 bits per heavy atom. The SMILES string of the molecule is CCCCCC(O)NC(=O)C(F)(F)F. The molecule has 0 saturated heterocycles. The van der Waals surface area contributed by atoms with Gasteiger partial charge in [0.25, 0.3) is 0 Å². The zero-order valence-corrected chi connectivity index (χ0v) is 7.90. The predicted molar refractivity (Wildman–Crippen MR) is 44.3 cm³/mol. The molecular formula is C8H14F3NO2. The minimum absolute atomic E-state index is 0.148. The van der Waals surface area contributed by atoms with Gasteiger partial charge in [-0.05, 0) is 12.8 Å². The van der Waals surface area contributed by atoms with Gasteiger partial charge >= 0.3 is 12.1 Å². The molecule has 0 bridgehead atoms. The second kappa shape index (κ2) is 5.85. The Labute approximate surface area is 80.3 Å². The highest BCUT2D eigenvalue weighted by molar-refractivity contribution is 5.81. The maximum atomic E-state index is 11.7. The number of aliphatic hydroxyl groups is 1. The van der Waals surface area contributed by atoms with E-state index in [4.69, 9.17) is 5.11 Å². The van der Waals surface area contributed by atoms with Crippen LogP contribution in [0.3, 0.4) is 0 Å². The normalized spacial score (nSPS) is 13.8. The summed E-state index contributed by atoms with van der Waals surface area (Å²) in [6.07, 6.45) is -3.87. The molecule has 0 aromatic heterocycles. The molecule has 0 rings (SSSR count). The topological polar surface area (TPSA) is 49.3 Å². The number of carbonyl (C=O) groups excluding carboxylic acids is 1. The highest BCUT2D eigenvalue weighted by Gasteiger charge is 2.39. The van der Waals surface area contributed by atoms with Crippen LogP contribution in [0, 0.1) is 0 Å². The van der Waals surface area contributed by atoms with Crippen molar-refractivity contribution in [2.24, 2.45) is 0 Å². The third kappa shape index (κ3) is 5.80. The summed E-state index contributed by atoms with van der Waals surface area (Å²) in [6, 6.07) is 0. The van der Waals surface area contributed by atoms with Crippen LogP contribution in [0.2, 0.25) is 0 Å². The van der Waals surface area contributed by atoms with Gasteiger partial charge in [0.1, 0.15) is 6.23 Å². The molecule has 0 aromatic carbocycles. The quantitative estimate of drug-likeness (QED) is 0.538. The average Bonchev–Trinajstić information content (AvgIpc) is 2.03. The summed E-state index contributed by atoms with van der Waals surface area (Å²) in [6.45, 7) is 1.93. The summed E-state index contributed by atoms with van der Waals surface area (Å²) >= 11 is 0. The van der Waals surface area contributed by atoms with E-state index in [2.05, 4.69) is 0 Å². The van der Waals surface area contributed by atoms with E-state index >= 15 is 0 Å². The highest BCUT2D eigenvalue weighted by Crippen LogP contribution is 2.14. The first kappa shape index (κ1) is 13.2. The van der Waals surface area contributed by atoms with Crippen molar-refractivity contribution in [1.82, 2.24) is 5.32 Å². The van der Waals surface area contributed by atoms with Crippen LogP contribution in [0.1, 0.15) is 32.6 Å². The van der Waals surface area contributed by atoms with Gasteiger partial charge in [-0.15, -0.1) is 0 Å². The average molecular weight is 213 g/mol. The molecule has 2 N–H and O–H groups in total. The Morgan fingerprint density at radius 1 is 1.43 bits per heavy atom. The van der Waals surface area contributed by atoms with Crippen LogP contribution in [0.5, 0.6) is 0 Å². The van der Waals surface area contributed by atoms with Gasteiger partial charge in [0, 0.05) is 0 Å². The minimum Gasteiger partial charge on any atom is -0.374 e. The number of rotatable bonds is 5. The van der Waals surface area contributed by atoms with Crippen molar-refractivity contribution in [3.8, 4) is 0 Å². The van der Waals surface area contributed by atoms with Gasteiger partial charge in [0.05, 0.1) is 0 Å². The number of unbranched alkanes of at least 4 members (excludes halogenated alkanes) is 2. The predicted octanol–water partition coefficient (Wildman–Crippen LogP) is 1.56. The molecule has 0 aromatic rings. The molecule has 1 atom stereocenters. The molecule has 1 amide bonds. The van der Waals surface area contributed by atoms with E-state index in [1.807, 2.05) is 6.92 Å². The second-order valence-corrected chi connectivity index (χ2v) is 2.98. The summed E-state index contributed by atoms with van der Waals surface area (Å²) in [7, 11) is 0. The summed E-state index contributed by atoms with van der Waals surface area (Å²) in [5.41, 5.74) is 0. The van der Waals surface area contributed by atoms with Crippen molar-refractivity contribution >= 4 is 5.91 Å². The first-order chi connectivity index (χ1) is 6.38. The number of halogens is 3. The fourth-order valence-electron chi connectivity index (χ4n) is 0.893. The number of hydrogen-bond donors (Lipinski definition) is 2. The lowest BCUT2D eigenvalue weighted by Crippen LogP contribution is -2.43. The molecule has 0 fully saturated rings. The number of nitrogens with one attached hydrogen (secondary N) is 1. The maximum absolute atomic E-state index is 11.7. The second-order valence-electron chi connectivity index (χ2n) is 2.98. The zero-order valence-electron chi connectivity index (χ0n) is 7.90. The molecule has 14 heavy (non-hydrogen) atoms. The number of carbonyl (C=O) groups is 1. The van der Waals surface area contributed by atoms with E-state index in [9.17, 15) is 18.0 Å². The van der Waals surface area contributed by atoms with Crippen molar-refractivity contribution in [2.45, 2.75) is 45.0 Å². The Balaban J connectivity index is 3.72. The largest absolute Gasteiger partial charge is 0.471 e. The molecule has 1 unspecified atom stereocenters. The molecule has 6 heteroatoms. The lowest BCUT2D eigenvalue weighted by atomic mass is 10.2. The molecule has 0 aliphatic heterocycles. The molecule has 84 valence electrons. The molecular weight excluding hydrogens is 199 g/mol. The number of aliphatic hydroxyl groups excluding tert-OH is 1. The summed E-state index contributed by atoms with van der Waals surface area (Å²) < 4.78 is 35.0. The fourth-order valence-corrected chi connectivity index (χ4v) is 0.893. The first-order valence-electron chi connectivity index (χ1n) is 4.43. The summed E-state index contributed by atoms with van der Waals surface area (Å²) in [5, 5.41) is 10.4. The lowest BCUT2D eigenvalue weighted by molar-refractivity contribution is -0.176. The van der Waals surface area contributed by atoms with Crippen LogP contribution in [-0.2, 0) is 4.79 Å². The fraction of sp³-hybridized carbons (Fsp3) is 0.875. The standard InChI is InChI=1S/C8H14F3NO2/c1-2-3-4-5-6(13)12-7(14)8(9,10)11/h6,13H,2-5H2,1H3,(H,12,14). The van der Waals surface area contributed by atoms with E-state index in [1.165, 1.54) is 5.32 Å². The maximum Gasteiger partial charge on any atom is 0.471 e. The molecule has 0 saturated carbocycles. The Hall–Kier alpha value is -0.780. The van der Waals surface area contributed by atoms with Crippen LogP contribution in [0.4, 0.5) is 13.2 Å². The van der Waals surface area contributed by atoms with Crippen molar-refractivity contribution in [2.75, 3.05) is 0 Å². The van der Waals surface area contributed by atoms with Crippen LogP contribution >= 0.6 is 0 Å². The smallest absolute Gasteiger partial charge is 0.374 e. The number of hydrogen-bond acceptors (Lipinski definition) is 2. The van der Waals surface area contributed by atoms with Gasteiger partial charge in [-0.2, -0.15) is 13.2 Å². The van der Waals surface area contributed by atoms with Crippen molar-refractivity contribution < 1.29 is 23.1 Å². The van der Waals surface area contributed by atoms with Gasteiger partial charge < -0.3 is 10.4 Å². The van der Waals surface area contributed by atoms with Gasteiger partial charge in [-0.3, -0.25) is 4.79 Å². The summed E-state index contributed by atoms with van der Waals surface area (Å²) in [5.74, 6) is -2.10. The van der Waals surface area contributed by atoms with Crippen LogP contribution in [0.15, 0.2) is 0 Å². The minimum atomic E-state index is -4.92. The van der Waals surface area contributed by atoms with E-state index in [-0.39, 0.29) is 6.42 Å². The third-order valence-corrected chi connectivity index (χ3v) is 1.64. The summed E-state index contributed by atoms with van der Waals surface area (Å²) in [4.78, 5) is 10.3. The molecule has 0 radical (unpaired) electrons. The van der Waals surface area contributed by atoms with E-state index in [1.54, 1.807) is 0 Å². The molecule has 0 heterocycles. The highest BCUT2D eigenvalue weighted by atomic mass is 19.4. The number of amides is 1. The van der Waals surface area contributed by atoms with Crippen molar-refractivity contribution in [3.63, 3.8) is 0 Å².